The van der Waals surface area contributed by atoms with Crippen molar-refractivity contribution < 1.29 is 9.90 Å². The number of hydrogen-bond acceptors (Lipinski definition) is 4. The number of nitrogens with one attached hydrogen (secondary N) is 2. The molecule has 0 saturated heterocycles. The summed E-state index contributed by atoms with van der Waals surface area (Å²) in [6, 6.07) is 10.7. The van der Waals surface area contributed by atoms with Gasteiger partial charge >= 0.3 is 0 Å². The number of halogens is 1. The fourth-order valence-electron chi connectivity index (χ4n) is 2.79. The Morgan fingerprint density at radius 3 is 2.54 bits per heavy atom. The van der Waals surface area contributed by atoms with Gasteiger partial charge < -0.3 is 15.7 Å². The Kier molecular flexibility index (Phi) is 8.23. The lowest BCUT2D eigenvalue weighted by molar-refractivity contribution is -0.118. The van der Waals surface area contributed by atoms with Gasteiger partial charge in [0.2, 0.25) is 0 Å². The predicted octanol–water partition coefficient (Wildman–Crippen LogP) is 3.35. The molecule has 2 aromatic rings. The van der Waals surface area contributed by atoms with Gasteiger partial charge in [0.1, 0.15) is 0 Å². The Labute approximate surface area is 171 Å². The molecular weight excluding hydrogens is 374 g/mol. The molecule has 1 amide bonds. The van der Waals surface area contributed by atoms with Crippen LogP contribution >= 0.6 is 11.6 Å². The van der Waals surface area contributed by atoms with Gasteiger partial charge in [0, 0.05) is 41.3 Å². The van der Waals surface area contributed by atoms with Crippen molar-refractivity contribution >= 4 is 23.2 Å². The maximum absolute atomic E-state index is 12.9. The lowest BCUT2D eigenvalue weighted by Crippen LogP contribution is -2.40. The minimum absolute atomic E-state index is 0.165. The van der Waals surface area contributed by atoms with Crippen LogP contribution in [0.2, 0.25) is 5.02 Å². The van der Waals surface area contributed by atoms with E-state index < -0.39 is 6.04 Å². The van der Waals surface area contributed by atoms with E-state index in [-0.39, 0.29) is 12.5 Å². The smallest absolute Gasteiger partial charge is 0.251 e. The molecule has 0 aliphatic heterocycles. The van der Waals surface area contributed by atoms with Crippen LogP contribution in [-0.4, -0.2) is 35.7 Å². The topological polar surface area (TPSA) is 74.2 Å². The molecule has 0 fully saturated rings. The lowest BCUT2D eigenvalue weighted by atomic mass is 10.0. The van der Waals surface area contributed by atoms with Gasteiger partial charge in [0.25, 0.3) is 5.91 Å². The number of hydrogen-bond donors (Lipinski definition) is 3. The van der Waals surface area contributed by atoms with Crippen molar-refractivity contribution in [2.24, 2.45) is 0 Å². The molecule has 1 aromatic heterocycles. The van der Waals surface area contributed by atoms with Gasteiger partial charge in [0.05, 0.1) is 12.6 Å². The maximum atomic E-state index is 12.9. The fraction of sp³-hybridized carbons (Fsp3) is 0.273. The fourth-order valence-corrected chi connectivity index (χ4v) is 3.00. The zero-order valence-electron chi connectivity index (χ0n) is 16.4. The number of carbonyl (C=O) groups excluding carboxylic acids is 1. The Bertz CT molecular complexity index is 859. The van der Waals surface area contributed by atoms with Crippen molar-refractivity contribution in [3.05, 3.63) is 82.2 Å². The van der Waals surface area contributed by atoms with E-state index >= 15 is 0 Å². The monoisotopic (exact) mass is 399 g/mol. The first kappa shape index (κ1) is 21.7. The highest BCUT2D eigenvalue weighted by Gasteiger charge is 2.16. The molecule has 0 bridgehead atoms. The van der Waals surface area contributed by atoms with Crippen LogP contribution in [0, 0.1) is 0 Å². The van der Waals surface area contributed by atoms with E-state index in [1.165, 1.54) is 0 Å². The third-order valence-corrected chi connectivity index (χ3v) is 4.49. The Morgan fingerprint density at radius 2 is 1.96 bits per heavy atom. The highest BCUT2D eigenvalue weighted by molar-refractivity contribution is 6.30. The second kappa shape index (κ2) is 10.6. The maximum Gasteiger partial charge on any atom is 0.251 e. The summed E-state index contributed by atoms with van der Waals surface area (Å²) in [5.74, 6) is -0.233. The van der Waals surface area contributed by atoms with E-state index in [9.17, 15) is 9.90 Å². The molecule has 2 rings (SSSR count). The van der Waals surface area contributed by atoms with E-state index in [1.807, 2.05) is 57.3 Å². The SMILES string of the molecule is CN/C(=C\C(C(=O)NC(CO)Cc1cccc(Cl)c1)=C(C)C)c1ccncc1. The summed E-state index contributed by atoms with van der Waals surface area (Å²) in [5, 5.41) is 16.4. The molecule has 148 valence electrons. The summed E-state index contributed by atoms with van der Waals surface area (Å²) < 4.78 is 0. The number of benzene rings is 1. The van der Waals surface area contributed by atoms with Crippen LogP contribution in [0.5, 0.6) is 0 Å². The molecule has 3 N–H and O–H groups in total. The molecule has 1 atom stereocenters. The number of rotatable bonds is 8. The Morgan fingerprint density at radius 1 is 1.25 bits per heavy atom. The number of nitrogens with zero attached hydrogens (tertiary/aromatic N) is 1. The van der Waals surface area contributed by atoms with Crippen molar-refractivity contribution in [2.45, 2.75) is 26.3 Å². The third-order valence-electron chi connectivity index (χ3n) is 4.26. The second-order valence-electron chi connectivity index (χ2n) is 6.64. The minimum Gasteiger partial charge on any atom is -0.394 e. The van der Waals surface area contributed by atoms with Crippen LogP contribution in [0.3, 0.4) is 0 Å². The average molecular weight is 400 g/mol. The first-order chi connectivity index (χ1) is 13.4. The zero-order valence-corrected chi connectivity index (χ0v) is 17.1. The molecule has 1 unspecified atom stereocenters. The standard InChI is InChI=1S/C22H26ClN3O2/c1-15(2)20(13-21(24-3)17-7-9-25-10-8-17)22(28)26-19(14-27)12-16-5-4-6-18(23)11-16/h4-11,13,19,24,27H,12,14H2,1-3H3,(H,26,28)/b21-13-. The molecule has 0 aliphatic rings. The van der Waals surface area contributed by atoms with Gasteiger partial charge in [-0.2, -0.15) is 0 Å². The number of carbonyl (C=O) groups is 1. The number of allylic oxidation sites excluding steroid dienone is 1. The van der Waals surface area contributed by atoms with E-state index in [2.05, 4.69) is 15.6 Å². The minimum atomic E-state index is -0.410. The number of aliphatic hydroxyl groups is 1. The van der Waals surface area contributed by atoms with Gasteiger partial charge in [-0.1, -0.05) is 29.3 Å². The molecule has 5 nitrogen and oxygen atoms in total. The summed E-state index contributed by atoms with van der Waals surface area (Å²) >= 11 is 6.02. The Hall–Kier alpha value is -2.63. The lowest BCUT2D eigenvalue weighted by Gasteiger charge is -2.18. The zero-order chi connectivity index (χ0) is 20.5. The van der Waals surface area contributed by atoms with Crippen molar-refractivity contribution in [2.75, 3.05) is 13.7 Å². The van der Waals surface area contributed by atoms with Gasteiger partial charge in [0.15, 0.2) is 0 Å². The van der Waals surface area contributed by atoms with Gasteiger partial charge in [-0.3, -0.25) is 9.78 Å². The summed E-state index contributed by atoms with van der Waals surface area (Å²) in [6.07, 6.45) is 5.71. The Balaban J connectivity index is 2.20. The molecule has 0 saturated carbocycles. The highest BCUT2D eigenvalue weighted by Crippen LogP contribution is 2.16. The summed E-state index contributed by atoms with van der Waals surface area (Å²) in [4.78, 5) is 16.9. The van der Waals surface area contributed by atoms with Crippen molar-refractivity contribution in [3.8, 4) is 0 Å². The highest BCUT2D eigenvalue weighted by atomic mass is 35.5. The van der Waals surface area contributed by atoms with Crippen molar-refractivity contribution in [1.82, 2.24) is 15.6 Å². The second-order valence-corrected chi connectivity index (χ2v) is 7.08. The number of pyridine rings is 1. The molecule has 0 aliphatic carbocycles. The van der Waals surface area contributed by atoms with Crippen LogP contribution in [0.25, 0.3) is 5.70 Å². The predicted molar refractivity (Wildman–Crippen MR) is 114 cm³/mol. The van der Waals surface area contributed by atoms with Crippen molar-refractivity contribution in [3.63, 3.8) is 0 Å². The van der Waals surface area contributed by atoms with Crippen LogP contribution < -0.4 is 10.6 Å². The summed E-state index contributed by atoms with van der Waals surface area (Å²) in [7, 11) is 1.81. The molecule has 1 heterocycles. The number of aromatic nitrogens is 1. The normalized spacial score (nSPS) is 12.2. The summed E-state index contributed by atoms with van der Waals surface area (Å²) in [5.41, 5.74) is 4.11. The van der Waals surface area contributed by atoms with Gasteiger partial charge in [-0.05, 0) is 56.2 Å². The van der Waals surface area contributed by atoms with Crippen molar-refractivity contribution in [1.29, 1.82) is 0 Å². The van der Waals surface area contributed by atoms with E-state index in [4.69, 9.17) is 11.6 Å². The van der Waals surface area contributed by atoms with Crippen LogP contribution in [-0.2, 0) is 11.2 Å². The van der Waals surface area contributed by atoms with Gasteiger partial charge in [-0.25, -0.2) is 0 Å². The first-order valence-corrected chi connectivity index (χ1v) is 9.46. The molecular formula is C22H26ClN3O2. The third kappa shape index (κ3) is 6.22. The van der Waals surface area contributed by atoms with E-state index in [1.54, 1.807) is 18.5 Å². The van der Waals surface area contributed by atoms with E-state index in [0.717, 1.165) is 22.4 Å². The van der Waals surface area contributed by atoms with Crippen LogP contribution in [0.1, 0.15) is 25.0 Å². The first-order valence-electron chi connectivity index (χ1n) is 9.08. The van der Waals surface area contributed by atoms with Crippen LogP contribution in [0.4, 0.5) is 0 Å². The quantitative estimate of drug-likeness (QED) is 0.470. The van der Waals surface area contributed by atoms with Crippen LogP contribution in [0.15, 0.2) is 66.0 Å². The average Bonchev–Trinajstić information content (AvgIpc) is 2.68. The molecule has 6 heteroatoms. The molecule has 0 spiro atoms. The van der Waals surface area contributed by atoms with E-state index in [0.29, 0.717) is 17.0 Å². The largest absolute Gasteiger partial charge is 0.394 e. The number of amides is 1. The number of aliphatic hydroxyl groups excluding tert-OH is 1. The molecule has 28 heavy (non-hydrogen) atoms. The molecule has 0 radical (unpaired) electrons. The summed E-state index contributed by atoms with van der Waals surface area (Å²) in [6.45, 7) is 3.60. The van der Waals surface area contributed by atoms with Gasteiger partial charge in [-0.15, -0.1) is 0 Å². The molecule has 1 aromatic carbocycles.